The van der Waals surface area contributed by atoms with E-state index in [0.717, 1.165) is 23.5 Å². The van der Waals surface area contributed by atoms with Crippen molar-refractivity contribution in [3.63, 3.8) is 0 Å². The molecule has 0 saturated carbocycles. The van der Waals surface area contributed by atoms with Crippen molar-refractivity contribution < 1.29 is 0 Å². The van der Waals surface area contributed by atoms with Crippen LogP contribution >= 0.6 is 70.6 Å². The van der Waals surface area contributed by atoms with Crippen molar-refractivity contribution in [1.82, 2.24) is 0 Å². The van der Waals surface area contributed by atoms with Crippen molar-refractivity contribution >= 4 is 81.9 Å². The van der Waals surface area contributed by atoms with Crippen molar-refractivity contribution in [2.75, 3.05) is 23.0 Å². The molecule has 0 aliphatic carbocycles. The van der Waals surface area contributed by atoms with Crippen molar-refractivity contribution in [3.8, 4) is 0 Å². The lowest BCUT2D eigenvalue weighted by molar-refractivity contribution is 1.02. The van der Waals surface area contributed by atoms with Gasteiger partial charge in [0.05, 0.1) is 4.58 Å². The molecule has 156 valence electrons. The smallest absolute Gasteiger partial charge is 0.106 e. The molecule has 2 nitrogen and oxygen atoms in total. The number of hydrogen-bond donors (Lipinski definition) is 2. The summed E-state index contributed by atoms with van der Waals surface area (Å²) in [4.78, 5) is 4.23. The Hall–Kier alpha value is -0.380. The minimum Gasteiger partial charge on any atom is -0.399 e. The third-order valence-corrected chi connectivity index (χ3v) is 13.7. The molecule has 2 unspecified atom stereocenters. The lowest BCUT2D eigenvalue weighted by atomic mass is 10.1. The number of nitrogens with two attached hydrogens (primary N) is 2. The Morgan fingerprint density at radius 2 is 1.50 bits per heavy atom. The number of nitrogen functional groups attached to an aromatic ring is 2. The predicted octanol–water partition coefficient (Wildman–Crippen LogP) is 7.56. The molecule has 4 N–H and O–H groups in total. The van der Waals surface area contributed by atoms with Crippen LogP contribution in [-0.4, -0.2) is 20.0 Å². The van der Waals surface area contributed by atoms with Crippen LogP contribution in [0.15, 0.2) is 78.6 Å². The highest BCUT2D eigenvalue weighted by atomic mass is 32.3. The molecule has 2 atom stereocenters. The molecule has 3 aliphatic rings. The number of thioether (sulfide) groups is 6. The van der Waals surface area contributed by atoms with Crippen LogP contribution in [0.1, 0.15) is 12.8 Å². The summed E-state index contributed by atoms with van der Waals surface area (Å²) < 4.78 is 2.60. The third kappa shape index (κ3) is 4.99. The molecule has 0 fully saturated rings. The van der Waals surface area contributed by atoms with Gasteiger partial charge < -0.3 is 11.5 Å². The first-order valence-electron chi connectivity index (χ1n) is 9.70. The summed E-state index contributed by atoms with van der Waals surface area (Å²) >= 11 is 12.2. The first-order chi connectivity index (χ1) is 14.6. The molecule has 2 aromatic carbocycles. The summed E-state index contributed by atoms with van der Waals surface area (Å²) in [5.74, 6) is 2.35. The Morgan fingerprint density at radius 3 is 2.20 bits per heavy atom. The summed E-state index contributed by atoms with van der Waals surface area (Å²) in [7, 11) is 0. The molecule has 3 aliphatic heterocycles. The molecule has 0 amide bonds. The second-order valence-corrected chi connectivity index (χ2v) is 15.5. The highest BCUT2D eigenvalue weighted by Crippen LogP contribution is 2.59. The van der Waals surface area contributed by atoms with E-state index >= 15 is 0 Å². The second-order valence-electron chi connectivity index (χ2n) is 7.16. The zero-order chi connectivity index (χ0) is 20.5. The summed E-state index contributed by atoms with van der Waals surface area (Å²) in [6.07, 6.45) is 2.36. The summed E-state index contributed by atoms with van der Waals surface area (Å²) in [6, 6.07) is 16.6. The molecule has 0 bridgehead atoms. The van der Waals surface area contributed by atoms with Crippen LogP contribution in [0.25, 0.3) is 0 Å². The van der Waals surface area contributed by atoms with Crippen molar-refractivity contribution in [2.24, 2.45) is 0 Å². The average Bonchev–Trinajstić information content (AvgIpc) is 2.76. The van der Waals surface area contributed by atoms with Crippen LogP contribution < -0.4 is 11.5 Å². The number of hydrogen-bond acceptors (Lipinski definition) is 8. The van der Waals surface area contributed by atoms with Crippen LogP contribution in [0, 0.1) is 0 Å². The molecule has 30 heavy (non-hydrogen) atoms. The maximum absolute atomic E-state index is 5.86. The zero-order valence-corrected chi connectivity index (χ0v) is 21.1. The van der Waals surface area contributed by atoms with E-state index in [4.69, 9.17) is 11.5 Å². The number of rotatable bonds is 4. The van der Waals surface area contributed by atoms with Gasteiger partial charge in [0.2, 0.25) is 0 Å². The molecule has 2 aromatic rings. The standard InChI is InChI=1S/C22H22N2S6/c23-14-1-5-16(6-2-14)27-21-18-11-13-12-26-22(28-17-7-3-15(24)4-8-17)30-20(13)29-19(18)9-10-25-21/h1-8,21-22H,9-12,23-24H2. The lowest BCUT2D eigenvalue weighted by Gasteiger charge is -2.35. The molecule has 8 heteroatoms. The van der Waals surface area contributed by atoms with Gasteiger partial charge in [-0.25, -0.2) is 0 Å². The van der Waals surface area contributed by atoms with E-state index in [-0.39, 0.29) is 0 Å². The monoisotopic (exact) mass is 506 g/mol. The Kier molecular flexibility index (Phi) is 6.89. The highest BCUT2D eigenvalue weighted by Gasteiger charge is 2.34. The fourth-order valence-corrected chi connectivity index (χ4v) is 12.8. The van der Waals surface area contributed by atoms with E-state index in [1.807, 2.05) is 47.8 Å². The quantitative estimate of drug-likeness (QED) is 0.412. The van der Waals surface area contributed by atoms with Crippen molar-refractivity contribution in [2.45, 2.75) is 31.1 Å². The molecule has 0 saturated heterocycles. The van der Waals surface area contributed by atoms with Gasteiger partial charge in [-0.2, -0.15) is 0 Å². The predicted molar refractivity (Wildman–Crippen MR) is 144 cm³/mol. The first kappa shape index (κ1) is 21.5. The Labute approximate surface area is 203 Å². The van der Waals surface area contributed by atoms with Crippen LogP contribution in [0.2, 0.25) is 0 Å². The van der Waals surface area contributed by atoms with Gasteiger partial charge >= 0.3 is 0 Å². The van der Waals surface area contributed by atoms with Gasteiger partial charge in [0.15, 0.2) is 0 Å². The topological polar surface area (TPSA) is 52.0 Å². The van der Waals surface area contributed by atoms with Crippen LogP contribution in [0.3, 0.4) is 0 Å². The van der Waals surface area contributed by atoms with E-state index in [1.54, 1.807) is 20.3 Å². The van der Waals surface area contributed by atoms with E-state index in [2.05, 4.69) is 71.3 Å². The molecule has 0 radical (unpaired) electrons. The molecular weight excluding hydrogens is 485 g/mol. The zero-order valence-electron chi connectivity index (χ0n) is 16.2. The summed E-state index contributed by atoms with van der Waals surface area (Å²) in [6.45, 7) is 0. The van der Waals surface area contributed by atoms with Gasteiger partial charge in [-0.3, -0.25) is 0 Å². The van der Waals surface area contributed by atoms with Gasteiger partial charge in [0.25, 0.3) is 0 Å². The minimum atomic E-state index is 0.514. The van der Waals surface area contributed by atoms with E-state index in [1.165, 1.54) is 22.0 Å². The molecule has 0 spiro atoms. The third-order valence-electron chi connectivity index (χ3n) is 4.98. The maximum atomic E-state index is 5.86. The van der Waals surface area contributed by atoms with E-state index < -0.39 is 0 Å². The first-order valence-corrected chi connectivity index (χ1v) is 15.3. The molecule has 0 aromatic heterocycles. The highest BCUT2D eigenvalue weighted by molar-refractivity contribution is 8.38. The summed E-state index contributed by atoms with van der Waals surface area (Å²) in [5.41, 5.74) is 16.6. The summed E-state index contributed by atoms with van der Waals surface area (Å²) in [5, 5.41) is 0. The maximum Gasteiger partial charge on any atom is 0.106 e. The van der Waals surface area contributed by atoms with E-state index in [0.29, 0.717) is 8.50 Å². The Bertz CT molecular complexity index is 984. The van der Waals surface area contributed by atoms with Crippen molar-refractivity contribution in [1.29, 1.82) is 0 Å². The molecule has 5 rings (SSSR count). The lowest BCUT2D eigenvalue weighted by Crippen LogP contribution is -2.17. The van der Waals surface area contributed by atoms with Crippen LogP contribution in [0.5, 0.6) is 0 Å². The minimum absolute atomic E-state index is 0.514. The Morgan fingerprint density at radius 1 is 0.833 bits per heavy atom. The van der Waals surface area contributed by atoms with Gasteiger partial charge in [0.1, 0.15) is 3.91 Å². The number of allylic oxidation sites excluding steroid dienone is 1. The van der Waals surface area contributed by atoms with Crippen molar-refractivity contribution in [3.05, 3.63) is 68.8 Å². The van der Waals surface area contributed by atoms with Crippen LogP contribution in [0.4, 0.5) is 11.4 Å². The second kappa shape index (κ2) is 9.63. The normalized spacial score (nSPS) is 23.9. The van der Waals surface area contributed by atoms with E-state index in [9.17, 15) is 0 Å². The SMILES string of the molecule is Nc1ccc(SC2SCC3=C(SC4=C(C3)C(Sc3ccc(N)cc3)SCC4)S2)cc1. The molecule has 3 heterocycles. The van der Waals surface area contributed by atoms with Crippen LogP contribution in [-0.2, 0) is 0 Å². The average molecular weight is 507 g/mol. The number of anilines is 2. The van der Waals surface area contributed by atoms with Gasteiger partial charge in [0, 0.05) is 31.2 Å². The fourth-order valence-electron chi connectivity index (χ4n) is 3.43. The van der Waals surface area contributed by atoms with Gasteiger partial charge in [-0.1, -0.05) is 23.5 Å². The fraction of sp³-hybridized carbons (Fsp3) is 0.273. The molecular formula is C22H22N2S6. The largest absolute Gasteiger partial charge is 0.399 e. The van der Waals surface area contributed by atoms with Gasteiger partial charge in [-0.15, -0.1) is 47.0 Å². The Balaban J connectivity index is 1.27. The number of benzene rings is 2. The van der Waals surface area contributed by atoms with Gasteiger partial charge in [-0.05, 0) is 83.2 Å².